The van der Waals surface area contributed by atoms with Crippen LogP contribution < -0.4 is 10.2 Å². The Balaban J connectivity index is 1.81. The van der Waals surface area contributed by atoms with Gasteiger partial charge in [0.15, 0.2) is 5.11 Å². The largest absolute Gasteiger partial charge is 0.383 e. The summed E-state index contributed by atoms with van der Waals surface area (Å²) in [5, 5.41) is 4.80. The van der Waals surface area contributed by atoms with Gasteiger partial charge in [-0.15, -0.1) is 0 Å². The van der Waals surface area contributed by atoms with Crippen LogP contribution in [0, 0.1) is 0 Å². The molecule has 6 heteroatoms. The predicted octanol–water partition coefficient (Wildman–Crippen LogP) is 1.98. The maximum atomic E-state index is 6.03. The molecule has 1 N–H and O–H groups in total. The van der Waals surface area contributed by atoms with E-state index in [1.165, 1.54) is 5.69 Å². The topological polar surface area (TPSA) is 27.7 Å². The third-order valence-electron chi connectivity index (χ3n) is 3.32. The Bertz CT molecular complexity index is 450. The molecule has 0 aliphatic carbocycles. The monoisotopic (exact) mass is 313 g/mol. The Morgan fingerprint density at radius 1 is 1.35 bits per heavy atom. The Morgan fingerprint density at radius 2 is 2.10 bits per heavy atom. The van der Waals surface area contributed by atoms with E-state index < -0.39 is 0 Å². The van der Waals surface area contributed by atoms with Gasteiger partial charge in [0, 0.05) is 50.5 Å². The summed E-state index contributed by atoms with van der Waals surface area (Å²) < 4.78 is 5.00. The van der Waals surface area contributed by atoms with Gasteiger partial charge in [0.25, 0.3) is 0 Å². The summed E-state index contributed by atoms with van der Waals surface area (Å²) >= 11 is 11.4. The van der Waals surface area contributed by atoms with Crippen molar-refractivity contribution < 1.29 is 4.74 Å². The smallest absolute Gasteiger partial charge is 0.169 e. The van der Waals surface area contributed by atoms with E-state index in [1.807, 2.05) is 18.2 Å². The fraction of sp³-hybridized carbons (Fsp3) is 0.500. The highest BCUT2D eigenvalue weighted by molar-refractivity contribution is 7.80. The molecule has 1 fully saturated rings. The van der Waals surface area contributed by atoms with E-state index in [2.05, 4.69) is 21.2 Å². The van der Waals surface area contributed by atoms with Crippen LogP contribution in [-0.2, 0) is 4.74 Å². The van der Waals surface area contributed by atoms with Crippen molar-refractivity contribution in [2.24, 2.45) is 0 Å². The number of anilines is 1. The SMILES string of the molecule is COCCNC(=S)N1CCN(c2cccc(Cl)c2)CC1. The molecule has 1 heterocycles. The van der Waals surface area contributed by atoms with Crippen molar-refractivity contribution in [1.29, 1.82) is 0 Å². The zero-order valence-electron chi connectivity index (χ0n) is 11.6. The van der Waals surface area contributed by atoms with Gasteiger partial charge in [-0.1, -0.05) is 17.7 Å². The molecular weight excluding hydrogens is 294 g/mol. The second kappa shape index (κ2) is 7.67. The van der Waals surface area contributed by atoms with Crippen LogP contribution in [0.3, 0.4) is 0 Å². The van der Waals surface area contributed by atoms with Crippen LogP contribution in [0.15, 0.2) is 24.3 Å². The van der Waals surface area contributed by atoms with E-state index in [9.17, 15) is 0 Å². The number of hydrogen-bond donors (Lipinski definition) is 1. The van der Waals surface area contributed by atoms with Crippen molar-refractivity contribution in [3.8, 4) is 0 Å². The molecule has 4 nitrogen and oxygen atoms in total. The number of benzene rings is 1. The van der Waals surface area contributed by atoms with Crippen molar-refractivity contribution in [2.75, 3.05) is 51.3 Å². The lowest BCUT2D eigenvalue weighted by Crippen LogP contribution is -2.52. The molecule has 0 spiro atoms. The molecular formula is C14H20ClN3OS. The van der Waals surface area contributed by atoms with Crippen LogP contribution in [0.5, 0.6) is 0 Å². The average Bonchev–Trinajstić information content (AvgIpc) is 2.47. The van der Waals surface area contributed by atoms with Gasteiger partial charge in [-0.25, -0.2) is 0 Å². The maximum absolute atomic E-state index is 6.03. The molecule has 0 radical (unpaired) electrons. The van der Waals surface area contributed by atoms with Gasteiger partial charge in [0.05, 0.1) is 6.61 Å². The molecule has 2 rings (SSSR count). The van der Waals surface area contributed by atoms with E-state index in [-0.39, 0.29) is 0 Å². The van der Waals surface area contributed by atoms with E-state index >= 15 is 0 Å². The second-order valence-corrected chi connectivity index (χ2v) is 5.50. The van der Waals surface area contributed by atoms with Gasteiger partial charge in [-0.05, 0) is 30.4 Å². The van der Waals surface area contributed by atoms with E-state index in [4.69, 9.17) is 28.6 Å². The molecule has 0 unspecified atom stereocenters. The zero-order valence-corrected chi connectivity index (χ0v) is 13.2. The quantitative estimate of drug-likeness (QED) is 0.678. The van der Waals surface area contributed by atoms with E-state index in [1.54, 1.807) is 7.11 Å². The Labute approximate surface area is 130 Å². The summed E-state index contributed by atoms with van der Waals surface area (Å²) in [4.78, 5) is 4.53. The molecule has 1 saturated heterocycles. The van der Waals surface area contributed by atoms with Gasteiger partial charge in [0.2, 0.25) is 0 Å². The first-order valence-electron chi connectivity index (χ1n) is 6.73. The number of methoxy groups -OCH3 is 1. The fourth-order valence-electron chi connectivity index (χ4n) is 2.21. The molecule has 20 heavy (non-hydrogen) atoms. The molecule has 110 valence electrons. The number of hydrogen-bond acceptors (Lipinski definition) is 3. The normalized spacial score (nSPS) is 15.3. The first-order chi connectivity index (χ1) is 9.70. The molecule has 0 aromatic heterocycles. The lowest BCUT2D eigenvalue weighted by atomic mass is 10.2. The van der Waals surface area contributed by atoms with Crippen molar-refractivity contribution in [3.63, 3.8) is 0 Å². The number of halogens is 1. The predicted molar refractivity (Wildman–Crippen MR) is 87.7 cm³/mol. The molecule has 1 aromatic carbocycles. The highest BCUT2D eigenvalue weighted by Gasteiger charge is 2.18. The molecule has 1 aliphatic heterocycles. The molecule has 0 atom stereocenters. The summed E-state index contributed by atoms with van der Waals surface area (Å²) in [6.07, 6.45) is 0. The minimum atomic E-state index is 0.669. The minimum Gasteiger partial charge on any atom is -0.383 e. The van der Waals surface area contributed by atoms with Crippen LogP contribution in [0.25, 0.3) is 0 Å². The third-order valence-corrected chi connectivity index (χ3v) is 3.96. The number of thiocarbonyl (C=S) groups is 1. The van der Waals surface area contributed by atoms with Crippen LogP contribution in [0.2, 0.25) is 5.02 Å². The number of ether oxygens (including phenoxy) is 1. The summed E-state index contributed by atoms with van der Waals surface area (Å²) in [6.45, 7) is 5.17. The summed E-state index contributed by atoms with van der Waals surface area (Å²) in [6, 6.07) is 7.99. The minimum absolute atomic E-state index is 0.669. The average molecular weight is 314 g/mol. The molecule has 0 amide bonds. The summed E-state index contributed by atoms with van der Waals surface area (Å²) in [7, 11) is 1.69. The standard InChI is InChI=1S/C14H20ClN3OS/c1-19-10-5-16-14(20)18-8-6-17(7-9-18)13-4-2-3-12(15)11-13/h2-4,11H,5-10H2,1H3,(H,16,20). The van der Waals surface area contributed by atoms with Gasteiger partial charge in [0.1, 0.15) is 0 Å². The molecule has 1 aromatic rings. The maximum Gasteiger partial charge on any atom is 0.169 e. The second-order valence-electron chi connectivity index (χ2n) is 4.68. The van der Waals surface area contributed by atoms with Gasteiger partial charge >= 0.3 is 0 Å². The molecule has 1 aliphatic rings. The van der Waals surface area contributed by atoms with Gasteiger partial charge < -0.3 is 19.9 Å². The zero-order chi connectivity index (χ0) is 14.4. The number of piperazine rings is 1. The fourth-order valence-corrected chi connectivity index (χ4v) is 2.68. The van der Waals surface area contributed by atoms with Crippen molar-refractivity contribution in [2.45, 2.75) is 0 Å². The number of rotatable bonds is 4. The molecule has 0 bridgehead atoms. The number of nitrogens with one attached hydrogen (secondary N) is 1. The highest BCUT2D eigenvalue weighted by atomic mass is 35.5. The lowest BCUT2D eigenvalue weighted by Gasteiger charge is -2.37. The Kier molecular flexibility index (Phi) is 5.88. The first kappa shape index (κ1) is 15.4. The highest BCUT2D eigenvalue weighted by Crippen LogP contribution is 2.20. The Hall–Kier alpha value is -1.04. The van der Waals surface area contributed by atoms with Gasteiger partial charge in [-0.2, -0.15) is 0 Å². The third kappa shape index (κ3) is 4.23. The van der Waals surface area contributed by atoms with E-state index in [0.717, 1.165) is 42.9 Å². The summed E-state index contributed by atoms with van der Waals surface area (Å²) in [5.41, 5.74) is 1.18. The summed E-state index contributed by atoms with van der Waals surface area (Å²) in [5.74, 6) is 0. The number of nitrogens with zero attached hydrogens (tertiary/aromatic N) is 2. The Morgan fingerprint density at radius 3 is 2.75 bits per heavy atom. The lowest BCUT2D eigenvalue weighted by molar-refractivity contribution is 0.202. The van der Waals surface area contributed by atoms with Crippen LogP contribution in [0.1, 0.15) is 0 Å². The molecule has 0 saturated carbocycles. The van der Waals surface area contributed by atoms with Crippen LogP contribution >= 0.6 is 23.8 Å². The van der Waals surface area contributed by atoms with Crippen molar-refractivity contribution in [3.05, 3.63) is 29.3 Å². The van der Waals surface area contributed by atoms with E-state index in [0.29, 0.717) is 6.61 Å². The van der Waals surface area contributed by atoms with Crippen LogP contribution in [0.4, 0.5) is 5.69 Å². The van der Waals surface area contributed by atoms with Crippen molar-refractivity contribution >= 4 is 34.6 Å². The van der Waals surface area contributed by atoms with Gasteiger partial charge in [-0.3, -0.25) is 0 Å². The first-order valence-corrected chi connectivity index (χ1v) is 7.51. The van der Waals surface area contributed by atoms with Crippen molar-refractivity contribution in [1.82, 2.24) is 10.2 Å². The van der Waals surface area contributed by atoms with Crippen LogP contribution in [-0.4, -0.2) is 56.5 Å².